The monoisotopic (exact) mass is 248 g/mol. The number of hydrogen-bond acceptors (Lipinski definition) is 3. The normalized spacial score (nSPS) is 11.1. The number of nitrogens with zero attached hydrogens (tertiary/aromatic N) is 2. The molecule has 4 heteroatoms. The maximum Gasteiger partial charge on any atom is 0.355 e. The number of nitriles is 1. The SMILES string of the molecule is CCOC(=O)c1c(C)ccn1CCC(C)(C)C#N. The summed E-state index contributed by atoms with van der Waals surface area (Å²) in [6.45, 7) is 8.48. The number of carbonyl (C=O) groups excluding carboxylic acids is 1. The van der Waals surface area contributed by atoms with Gasteiger partial charge < -0.3 is 9.30 Å². The second kappa shape index (κ2) is 5.72. The molecule has 0 N–H and O–H groups in total. The zero-order valence-corrected chi connectivity index (χ0v) is 11.5. The highest BCUT2D eigenvalue weighted by molar-refractivity contribution is 5.89. The highest BCUT2D eigenvalue weighted by Gasteiger charge is 2.20. The van der Waals surface area contributed by atoms with Gasteiger partial charge >= 0.3 is 5.97 Å². The number of carbonyl (C=O) groups is 1. The summed E-state index contributed by atoms with van der Waals surface area (Å²) in [5.41, 5.74) is 1.11. The molecule has 0 aromatic carbocycles. The van der Waals surface area contributed by atoms with E-state index in [1.165, 1.54) is 0 Å². The van der Waals surface area contributed by atoms with Crippen molar-refractivity contribution in [1.82, 2.24) is 4.57 Å². The van der Waals surface area contributed by atoms with Gasteiger partial charge in [0, 0.05) is 12.7 Å². The van der Waals surface area contributed by atoms with Crippen molar-refractivity contribution in [3.8, 4) is 6.07 Å². The van der Waals surface area contributed by atoms with Gasteiger partial charge in [0.25, 0.3) is 0 Å². The molecule has 1 aromatic rings. The molecule has 0 atom stereocenters. The van der Waals surface area contributed by atoms with Crippen LogP contribution < -0.4 is 0 Å². The lowest BCUT2D eigenvalue weighted by atomic mass is 9.91. The van der Waals surface area contributed by atoms with E-state index in [-0.39, 0.29) is 11.4 Å². The van der Waals surface area contributed by atoms with Crippen LogP contribution in [0.5, 0.6) is 0 Å². The van der Waals surface area contributed by atoms with Crippen molar-refractivity contribution in [1.29, 1.82) is 5.26 Å². The van der Waals surface area contributed by atoms with Gasteiger partial charge in [-0.3, -0.25) is 0 Å². The maximum atomic E-state index is 11.8. The number of hydrogen-bond donors (Lipinski definition) is 0. The van der Waals surface area contributed by atoms with Crippen molar-refractivity contribution < 1.29 is 9.53 Å². The zero-order valence-electron chi connectivity index (χ0n) is 11.5. The zero-order chi connectivity index (χ0) is 13.8. The fraction of sp³-hybridized carbons (Fsp3) is 0.571. The van der Waals surface area contributed by atoms with Crippen LogP contribution in [-0.4, -0.2) is 17.1 Å². The summed E-state index contributed by atoms with van der Waals surface area (Å²) >= 11 is 0. The Morgan fingerprint density at radius 1 is 1.56 bits per heavy atom. The summed E-state index contributed by atoms with van der Waals surface area (Å²) in [7, 11) is 0. The molecule has 0 aliphatic carbocycles. The highest BCUT2D eigenvalue weighted by Crippen LogP contribution is 2.21. The molecule has 0 saturated heterocycles. The third-order valence-corrected chi connectivity index (χ3v) is 2.91. The molecule has 0 spiro atoms. The molecule has 1 heterocycles. The Morgan fingerprint density at radius 2 is 2.22 bits per heavy atom. The molecule has 0 aliphatic heterocycles. The molecule has 0 fully saturated rings. The third-order valence-electron chi connectivity index (χ3n) is 2.91. The van der Waals surface area contributed by atoms with Gasteiger partial charge in [-0.2, -0.15) is 5.26 Å². The average Bonchev–Trinajstić information content (AvgIpc) is 2.68. The Balaban J connectivity index is 2.85. The number of aryl methyl sites for hydroxylation is 2. The van der Waals surface area contributed by atoms with Crippen LogP contribution >= 0.6 is 0 Å². The second-order valence-corrected chi connectivity index (χ2v) is 5.01. The number of rotatable bonds is 5. The Labute approximate surface area is 108 Å². The Bertz CT molecular complexity index is 467. The van der Waals surface area contributed by atoms with Crippen LogP contribution in [0.25, 0.3) is 0 Å². The van der Waals surface area contributed by atoms with Gasteiger partial charge in [-0.15, -0.1) is 0 Å². The minimum atomic E-state index is -0.385. The van der Waals surface area contributed by atoms with E-state index < -0.39 is 0 Å². The third kappa shape index (κ3) is 3.36. The molecule has 98 valence electrons. The fourth-order valence-electron chi connectivity index (χ4n) is 1.70. The summed E-state index contributed by atoms with van der Waals surface area (Å²) in [5, 5.41) is 8.99. The molecule has 0 amide bonds. The number of esters is 1. The lowest BCUT2D eigenvalue weighted by Crippen LogP contribution is -2.17. The van der Waals surface area contributed by atoms with E-state index in [2.05, 4.69) is 6.07 Å². The summed E-state index contributed by atoms with van der Waals surface area (Å²) in [4.78, 5) is 11.8. The van der Waals surface area contributed by atoms with Crippen LogP contribution in [0.4, 0.5) is 0 Å². The molecule has 0 aliphatic rings. The molecule has 0 saturated carbocycles. The van der Waals surface area contributed by atoms with Gasteiger partial charge in [-0.25, -0.2) is 4.79 Å². The predicted octanol–water partition coefficient (Wildman–Crippen LogP) is 2.91. The topological polar surface area (TPSA) is 55.0 Å². The van der Waals surface area contributed by atoms with Gasteiger partial charge in [0.1, 0.15) is 5.69 Å². The van der Waals surface area contributed by atoms with Crippen molar-refractivity contribution in [2.24, 2.45) is 5.41 Å². The van der Waals surface area contributed by atoms with E-state index in [1.54, 1.807) is 6.92 Å². The Morgan fingerprint density at radius 3 is 2.78 bits per heavy atom. The Kier molecular flexibility index (Phi) is 4.55. The average molecular weight is 248 g/mol. The Hall–Kier alpha value is -1.76. The molecular formula is C14H20N2O2. The number of ether oxygens (including phenoxy) is 1. The minimum Gasteiger partial charge on any atom is -0.461 e. The van der Waals surface area contributed by atoms with E-state index >= 15 is 0 Å². The van der Waals surface area contributed by atoms with Gasteiger partial charge in [-0.1, -0.05) is 0 Å². The van der Waals surface area contributed by atoms with Crippen LogP contribution in [0.2, 0.25) is 0 Å². The van der Waals surface area contributed by atoms with Crippen LogP contribution in [0.1, 0.15) is 43.2 Å². The lowest BCUT2D eigenvalue weighted by molar-refractivity contribution is 0.0512. The predicted molar refractivity (Wildman–Crippen MR) is 69.1 cm³/mol. The van der Waals surface area contributed by atoms with E-state index in [4.69, 9.17) is 10.00 Å². The van der Waals surface area contributed by atoms with E-state index in [0.717, 1.165) is 5.56 Å². The van der Waals surface area contributed by atoms with Crippen molar-refractivity contribution in [2.45, 2.75) is 40.7 Å². The van der Waals surface area contributed by atoms with Crippen molar-refractivity contribution in [3.05, 3.63) is 23.5 Å². The van der Waals surface area contributed by atoms with E-state index in [0.29, 0.717) is 25.3 Å². The smallest absolute Gasteiger partial charge is 0.355 e. The fourth-order valence-corrected chi connectivity index (χ4v) is 1.70. The van der Waals surface area contributed by atoms with E-state index in [1.807, 2.05) is 37.6 Å². The highest BCUT2D eigenvalue weighted by atomic mass is 16.5. The summed E-state index contributed by atoms with van der Waals surface area (Å²) in [5.74, 6) is -0.297. The first-order valence-electron chi connectivity index (χ1n) is 6.15. The summed E-state index contributed by atoms with van der Waals surface area (Å²) < 4.78 is 6.91. The van der Waals surface area contributed by atoms with Crippen LogP contribution in [0, 0.1) is 23.7 Å². The van der Waals surface area contributed by atoms with Crippen molar-refractivity contribution in [2.75, 3.05) is 6.61 Å². The van der Waals surface area contributed by atoms with Gasteiger partial charge in [-0.05, 0) is 45.7 Å². The van der Waals surface area contributed by atoms with Crippen molar-refractivity contribution >= 4 is 5.97 Å². The first kappa shape index (κ1) is 14.3. The lowest BCUT2D eigenvalue weighted by Gasteiger charge is -2.16. The van der Waals surface area contributed by atoms with E-state index in [9.17, 15) is 4.79 Å². The summed E-state index contributed by atoms with van der Waals surface area (Å²) in [6.07, 6.45) is 2.57. The molecule has 1 aromatic heterocycles. The number of aromatic nitrogens is 1. The van der Waals surface area contributed by atoms with Crippen LogP contribution in [0.3, 0.4) is 0 Å². The first-order chi connectivity index (χ1) is 8.41. The minimum absolute atomic E-state index is 0.297. The standard InChI is InChI=1S/C14H20N2O2/c1-5-18-13(17)12-11(2)6-8-16(12)9-7-14(3,4)10-15/h6,8H,5,7,9H2,1-4H3. The van der Waals surface area contributed by atoms with Crippen LogP contribution in [-0.2, 0) is 11.3 Å². The van der Waals surface area contributed by atoms with Gasteiger partial charge in [0.05, 0.1) is 18.1 Å². The van der Waals surface area contributed by atoms with Gasteiger partial charge in [0.2, 0.25) is 0 Å². The molecule has 4 nitrogen and oxygen atoms in total. The van der Waals surface area contributed by atoms with Gasteiger partial charge in [0.15, 0.2) is 0 Å². The molecule has 1 rings (SSSR count). The quantitative estimate of drug-likeness (QED) is 0.753. The molecule has 0 radical (unpaired) electrons. The van der Waals surface area contributed by atoms with Crippen molar-refractivity contribution in [3.63, 3.8) is 0 Å². The molecule has 18 heavy (non-hydrogen) atoms. The maximum absolute atomic E-state index is 11.8. The second-order valence-electron chi connectivity index (χ2n) is 5.01. The molecule has 0 unspecified atom stereocenters. The molecular weight excluding hydrogens is 228 g/mol. The summed E-state index contributed by atoms with van der Waals surface area (Å²) in [6, 6.07) is 4.16. The first-order valence-corrected chi connectivity index (χ1v) is 6.15. The van der Waals surface area contributed by atoms with Crippen LogP contribution in [0.15, 0.2) is 12.3 Å². The molecule has 0 bridgehead atoms. The largest absolute Gasteiger partial charge is 0.461 e.